The van der Waals surface area contributed by atoms with Crippen LogP contribution in [-0.4, -0.2) is 27.6 Å². The van der Waals surface area contributed by atoms with E-state index in [-0.39, 0.29) is 12.1 Å². The lowest BCUT2D eigenvalue weighted by Gasteiger charge is -2.33. The zero-order valence-electron chi connectivity index (χ0n) is 13.1. The first-order valence-corrected chi connectivity index (χ1v) is 7.74. The molecule has 1 aliphatic rings. The maximum absolute atomic E-state index is 12.5. The molecule has 2 N–H and O–H groups in total. The number of benzene rings is 1. The van der Waals surface area contributed by atoms with Crippen molar-refractivity contribution in [2.24, 2.45) is 0 Å². The van der Waals surface area contributed by atoms with E-state index in [2.05, 4.69) is 27.6 Å². The number of rotatable bonds is 1. The Kier molecular flexibility index (Phi) is 3.11. The highest BCUT2D eigenvalue weighted by molar-refractivity contribution is 5.90. The van der Waals surface area contributed by atoms with Crippen molar-refractivity contribution in [3.8, 4) is 0 Å². The SMILES string of the molecule is Cc1cc(NC(=O)N2CCc3c([nH]c4ccccc34)C2C)no1. The highest BCUT2D eigenvalue weighted by atomic mass is 16.5. The molecule has 6 nitrogen and oxygen atoms in total. The van der Waals surface area contributed by atoms with Crippen LogP contribution in [0.2, 0.25) is 0 Å². The van der Waals surface area contributed by atoms with Gasteiger partial charge in [0, 0.05) is 29.2 Å². The number of carbonyl (C=O) groups is 1. The second-order valence-corrected chi connectivity index (χ2v) is 5.94. The first-order chi connectivity index (χ1) is 11.1. The van der Waals surface area contributed by atoms with Gasteiger partial charge in [-0.3, -0.25) is 5.32 Å². The third-order valence-electron chi connectivity index (χ3n) is 4.46. The van der Waals surface area contributed by atoms with Crippen molar-refractivity contribution in [3.05, 3.63) is 47.3 Å². The number of aromatic nitrogens is 2. The number of para-hydroxylation sites is 1. The monoisotopic (exact) mass is 310 g/mol. The van der Waals surface area contributed by atoms with Crippen molar-refractivity contribution in [1.29, 1.82) is 0 Å². The number of nitrogens with zero attached hydrogens (tertiary/aromatic N) is 2. The van der Waals surface area contributed by atoms with Gasteiger partial charge in [0.15, 0.2) is 5.82 Å². The third-order valence-corrected chi connectivity index (χ3v) is 4.46. The Balaban J connectivity index is 1.61. The Morgan fingerprint density at radius 3 is 3.04 bits per heavy atom. The van der Waals surface area contributed by atoms with E-state index in [4.69, 9.17) is 4.52 Å². The van der Waals surface area contributed by atoms with E-state index in [1.165, 1.54) is 10.9 Å². The molecular formula is C17H18N4O2. The Bertz CT molecular complexity index is 880. The fraction of sp³-hybridized carbons (Fsp3) is 0.294. The van der Waals surface area contributed by atoms with Gasteiger partial charge >= 0.3 is 6.03 Å². The summed E-state index contributed by atoms with van der Waals surface area (Å²) in [6.07, 6.45) is 0.842. The molecule has 1 aliphatic heterocycles. The lowest BCUT2D eigenvalue weighted by Crippen LogP contribution is -2.41. The van der Waals surface area contributed by atoms with Crippen molar-refractivity contribution >= 4 is 22.8 Å². The van der Waals surface area contributed by atoms with E-state index in [1.807, 2.05) is 24.0 Å². The molecule has 3 heterocycles. The summed E-state index contributed by atoms with van der Waals surface area (Å²) in [6.45, 7) is 4.52. The topological polar surface area (TPSA) is 74.2 Å². The first kappa shape index (κ1) is 13.9. The highest BCUT2D eigenvalue weighted by Crippen LogP contribution is 2.34. The van der Waals surface area contributed by atoms with Crippen molar-refractivity contribution in [3.63, 3.8) is 0 Å². The van der Waals surface area contributed by atoms with Gasteiger partial charge in [-0.1, -0.05) is 23.4 Å². The van der Waals surface area contributed by atoms with Crippen LogP contribution < -0.4 is 5.32 Å². The normalized spacial score (nSPS) is 17.3. The van der Waals surface area contributed by atoms with Gasteiger partial charge in [0.05, 0.1) is 6.04 Å². The third kappa shape index (κ3) is 2.27. The number of amides is 2. The van der Waals surface area contributed by atoms with Gasteiger partial charge in [0.1, 0.15) is 5.76 Å². The summed E-state index contributed by atoms with van der Waals surface area (Å²) >= 11 is 0. The number of fused-ring (bicyclic) bond motifs is 3. The van der Waals surface area contributed by atoms with Crippen LogP contribution in [0.15, 0.2) is 34.9 Å². The fourth-order valence-corrected chi connectivity index (χ4v) is 3.31. The van der Waals surface area contributed by atoms with E-state index < -0.39 is 0 Å². The zero-order chi connectivity index (χ0) is 16.0. The van der Waals surface area contributed by atoms with Crippen LogP contribution in [0.4, 0.5) is 10.6 Å². The quantitative estimate of drug-likeness (QED) is 0.721. The number of H-pyrrole nitrogens is 1. The maximum Gasteiger partial charge on any atom is 0.323 e. The van der Waals surface area contributed by atoms with Crippen LogP contribution in [0.1, 0.15) is 30.0 Å². The van der Waals surface area contributed by atoms with E-state index in [0.29, 0.717) is 18.1 Å². The second kappa shape index (κ2) is 5.15. The zero-order valence-corrected chi connectivity index (χ0v) is 13.1. The molecule has 2 amide bonds. The van der Waals surface area contributed by atoms with E-state index >= 15 is 0 Å². The molecule has 6 heteroatoms. The Morgan fingerprint density at radius 1 is 1.43 bits per heavy atom. The van der Waals surface area contributed by atoms with Gasteiger partial charge < -0.3 is 14.4 Å². The van der Waals surface area contributed by atoms with Crippen LogP contribution in [0, 0.1) is 6.92 Å². The summed E-state index contributed by atoms with van der Waals surface area (Å²) < 4.78 is 4.99. The number of anilines is 1. The molecule has 1 atom stereocenters. The van der Waals surface area contributed by atoms with Gasteiger partial charge in [-0.25, -0.2) is 4.79 Å². The average molecular weight is 310 g/mol. The highest BCUT2D eigenvalue weighted by Gasteiger charge is 2.30. The van der Waals surface area contributed by atoms with Crippen LogP contribution in [0.5, 0.6) is 0 Å². The molecule has 118 valence electrons. The summed E-state index contributed by atoms with van der Waals surface area (Å²) in [7, 11) is 0. The van der Waals surface area contributed by atoms with Crippen LogP contribution in [-0.2, 0) is 6.42 Å². The molecule has 0 spiro atoms. The van der Waals surface area contributed by atoms with Gasteiger partial charge in [-0.05, 0) is 31.9 Å². The van der Waals surface area contributed by atoms with Crippen molar-refractivity contribution in [1.82, 2.24) is 15.0 Å². The van der Waals surface area contributed by atoms with Gasteiger partial charge in [-0.15, -0.1) is 0 Å². The fourth-order valence-electron chi connectivity index (χ4n) is 3.31. The number of hydrogen-bond acceptors (Lipinski definition) is 3. The number of urea groups is 1. The molecule has 1 unspecified atom stereocenters. The number of hydrogen-bond donors (Lipinski definition) is 2. The van der Waals surface area contributed by atoms with Crippen molar-refractivity contribution in [2.75, 3.05) is 11.9 Å². The predicted octanol–water partition coefficient (Wildman–Crippen LogP) is 3.62. The Morgan fingerprint density at radius 2 is 2.26 bits per heavy atom. The molecule has 3 aromatic rings. The minimum Gasteiger partial charge on any atom is -0.360 e. The molecule has 0 aliphatic carbocycles. The molecule has 23 heavy (non-hydrogen) atoms. The van der Waals surface area contributed by atoms with Gasteiger partial charge in [0.2, 0.25) is 0 Å². The standard InChI is InChI=1S/C17H18N4O2/c1-10-9-15(20-23-10)19-17(22)21-8-7-13-12-5-3-4-6-14(12)18-16(13)11(21)2/h3-6,9,11,18H,7-8H2,1-2H3,(H,19,20,22). The first-order valence-electron chi connectivity index (χ1n) is 7.74. The molecular weight excluding hydrogens is 292 g/mol. The largest absolute Gasteiger partial charge is 0.360 e. The van der Waals surface area contributed by atoms with Crippen molar-refractivity contribution < 1.29 is 9.32 Å². The van der Waals surface area contributed by atoms with Gasteiger partial charge in [0.25, 0.3) is 0 Å². The lowest BCUT2D eigenvalue weighted by atomic mass is 9.98. The smallest absolute Gasteiger partial charge is 0.323 e. The number of aryl methyl sites for hydroxylation is 1. The summed E-state index contributed by atoms with van der Waals surface area (Å²) in [5.41, 5.74) is 3.55. The molecule has 1 aromatic carbocycles. The maximum atomic E-state index is 12.5. The van der Waals surface area contributed by atoms with E-state index in [0.717, 1.165) is 17.6 Å². The lowest BCUT2D eigenvalue weighted by molar-refractivity contribution is 0.187. The number of nitrogens with one attached hydrogen (secondary N) is 2. The van der Waals surface area contributed by atoms with Crippen LogP contribution in [0.25, 0.3) is 10.9 Å². The molecule has 4 rings (SSSR count). The second-order valence-electron chi connectivity index (χ2n) is 5.94. The minimum atomic E-state index is -0.157. The van der Waals surface area contributed by atoms with Crippen LogP contribution >= 0.6 is 0 Å². The summed E-state index contributed by atoms with van der Waals surface area (Å²) in [4.78, 5) is 17.8. The Hall–Kier alpha value is -2.76. The van der Waals surface area contributed by atoms with E-state index in [1.54, 1.807) is 13.0 Å². The van der Waals surface area contributed by atoms with Crippen LogP contribution in [0.3, 0.4) is 0 Å². The summed E-state index contributed by atoms with van der Waals surface area (Å²) in [5.74, 6) is 1.12. The number of carbonyl (C=O) groups excluding carboxylic acids is 1. The van der Waals surface area contributed by atoms with Gasteiger partial charge in [-0.2, -0.15) is 0 Å². The molecule has 0 radical (unpaired) electrons. The molecule has 0 saturated carbocycles. The van der Waals surface area contributed by atoms with E-state index in [9.17, 15) is 4.79 Å². The molecule has 0 bridgehead atoms. The van der Waals surface area contributed by atoms with Crippen molar-refractivity contribution in [2.45, 2.75) is 26.3 Å². The summed E-state index contributed by atoms with van der Waals surface area (Å²) in [5, 5.41) is 7.86. The average Bonchev–Trinajstić information content (AvgIpc) is 3.11. The summed E-state index contributed by atoms with van der Waals surface area (Å²) in [6, 6.07) is 9.81. The minimum absolute atomic E-state index is 0.0147. The predicted molar refractivity (Wildman–Crippen MR) is 87.4 cm³/mol. The molecule has 2 aromatic heterocycles. The number of aromatic amines is 1. The molecule has 0 saturated heterocycles. The molecule has 0 fully saturated rings. The Labute approximate surface area is 133 Å².